The Morgan fingerprint density at radius 3 is 0.600 bits per heavy atom. The zero-order valence-electron chi connectivity index (χ0n) is 53.2. The molecule has 14 nitrogen and oxygen atoms in total. The molecule has 0 saturated heterocycles. The van der Waals surface area contributed by atoms with E-state index in [1.54, 1.807) is 24.3 Å². The summed E-state index contributed by atoms with van der Waals surface area (Å²) in [6, 6.07) is 12.4. The molecule has 484 valence electrons. The summed E-state index contributed by atoms with van der Waals surface area (Å²) in [7, 11) is -8.71. The van der Waals surface area contributed by atoms with Gasteiger partial charge in [-0.15, -0.1) is 0 Å². The third-order valence-electron chi connectivity index (χ3n) is 15.2. The quantitative estimate of drug-likeness (QED) is 0.0198. The molecule has 17 heteroatoms. The van der Waals surface area contributed by atoms with Crippen LogP contribution in [0.3, 0.4) is 0 Å². The second-order valence-electron chi connectivity index (χ2n) is 23.0. The number of hydrogen-bond donors (Lipinski definition) is 0. The molecule has 0 saturated carbocycles. The summed E-state index contributed by atoms with van der Waals surface area (Å²) in [5.41, 5.74) is 0.349. The van der Waals surface area contributed by atoms with Crippen LogP contribution >= 0.6 is 0 Å². The van der Waals surface area contributed by atoms with Crippen LogP contribution in [0.1, 0.15) is 338 Å². The van der Waals surface area contributed by atoms with Crippen molar-refractivity contribution in [3.05, 3.63) is 70.8 Å². The first-order valence-electron chi connectivity index (χ1n) is 33.4. The maximum absolute atomic E-state index is 12.5. The zero-order chi connectivity index (χ0) is 61.5. The molecule has 0 unspecified atom stereocenters. The summed E-state index contributed by atoms with van der Waals surface area (Å²) in [6.07, 6.45) is 55.0. The number of rotatable bonds is 56. The van der Waals surface area contributed by atoms with Crippen LogP contribution in [0.25, 0.3) is 0 Å². The average molecular weight is 1260 g/mol. The molecule has 2 rings (SSSR count). The van der Waals surface area contributed by atoms with E-state index in [9.17, 15) is 45.1 Å². The molecule has 0 atom stereocenters. The Kier molecular flexibility index (Phi) is 56.0. The van der Waals surface area contributed by atoms with Gasteiger partial charge in [0.1, 0.15) is 0 Å². The van der Waals surface area contributed by atoms with Crippen LogP contribution in [0.2, 0.25) is 0 Å². The maximum atomic E-state index is 12.5. The molecule has 85 heavy (non-hydrogen) atoms. The van der Waals surface area contributed by atoms with Crippen molar-refractivity contribution in [3.8, 4) is 0 Å². The van der Waals surface area contributed by atoms with Crippen molar-refractivity contribution in [2.75, 3.05) is 37.9 Å². The van der Waals surface area contributed by atoms with Crippen molar-refractivity contribution in [3.63, 3.8) is 0 Å². The van der Waals surface area contributed by atoms with Crippen molar-refractivity contribution in [2.45, 2.75) is 296 Å². The van der Waals surface area contributed by atoms with E-state index in [4.69, 9.17) is 18.9 Å². The van der Waals surface area contributed by atoms with Gasteiger partial charge in [-0.1, -0.05) is 295 Å². The fourth-order valence-corrected chi connectivity index (χ4v) is 11.1. The van der Waals surface area contributed by atoms with E-state index in [1.807, 2.05) is 0 Å². The molecule has 0 aromatic heterocycles. The molecule has 0 aliphatic heterocycles. The third-order valence-corrected chi connectivity index (χ3v) is 16.8. The van der Waals surface area contributed by atoms with Crippen LogP contribution in [0.15, 0.2) is 48.5 Å². The Bertz CT molecular complexity index is 2020. The minimum atomic E-state index is -4.36. The summed E-state index contributed by atoms with van der Waals surface area (Å²) in [6.45, 7) is 4.70. The fraction of sp³-hybridized carbons (Fsp3) is 0.765. The number of benzene rings is 2. The van der Waals surface area contributed by atoms with Crippen molar-refractivity contribution in [2.24, 2.45) is 0 Å². The van der Waals surface area contributed by atoms with Crippen molar-refractivity contribution >= 4 is 81.9 Å². The number of unbranched alkanes of at least 4 members (excludes halogenated alkanes) is 40. The number of hydrogen-bond acceptors (Lipinski definition) is 14. The van der Waals surface area contributed by atoms with Gasteiger partial charge in [-0.3, -0.25) is 0 Å². The van der Waals surface area contributed by atoms with Crippen LogP contribution < -0.4 is 0 Å². The molecule has 0 heterocycles. The van der Waals surface area contributed by atoms with E-state index in [-0.39, 0.29) is 86.0 Å². The van der Waals surface area contributed by atoms with Gasteiger partial charge in [0.2, 0.25) is 0 Å². The summed E-state index contributed by atoms with van der Waals surface area (Å²) in [5.74, 6) is -3.89. The molecule has 0 amide bonds. The predicted octanol–water partition coefficient (Wildman–Crippen LogP) is 17.9. The van der Waals surface area contributed by atoms with Gasteiger partial charge in [0.15, 0.2) is 0 Å². The van der Waals surface area contributed by atoms with E-state index in [1.165, 1.54) is 255 Å². The molecule has 0 N–H and O–H groups in total. The Morgan fingerprint density at radius 2 is 0.435 bits per heavy atom. The van der Waals surface area contributed by atoms with Gasteiger partial charge in [0, 0.05) is 11.5 Å². The van der Waals surface area contributed by atoms with Gasteiger partial charge in [-0.25, -0.2) is 36.0 Å². The molecule has 0 aliphatic carbocycles. The summed E-state index contributed by atoms with van der Waals surface area (Å²) in [5, 5.41) is 0. The largest absolute Gasteiger partial charge is 2.00 e. The molecule has 2 aromatic carbocycles. The van der Waals surface area contributed by atoms with Crippen molar-refractivity contribution in [1.82, 2.24) is 0 Å². The van der Waals surface area contributed by atoms with Gasteiger partial charge < -0.3 is 28.1 Å². The van der Waals surface area contributed by atoms with Gasteiger partial charge in [0.25, 0.3) is 0 Å². The van der Waals surface area contributed by atoms with Gasteiger partial charge in [0.05, 0.1) is 68.9 Å². The minimum Gasteiger partial charge on any atom is -0.748 e. The van der Waals surface area contributed by atoms with Gasteiger partial charge >= 0.3 is 61.6 Å². The fourth-order valence-electron chi connectivity index (χ4n) is 10.2. The summed E-state index contributed by atoms with van der Waals surface area (Å²) in [4.78, 5) is 49.6. The Balaban J connectivity index is 0.00000164. The van der Waals surface area contributed by atoms with Crippen molar-refractivity contribution in [1.29, 1.82) is 0 Å². The molecular weight excluding hydrogens is 1140 g/mol. The first kappa shape index (κ1) is 82.4. The second-order valence-corrected chi connectivity index (χ2v) is 26.1. The van der Waals surface area contributed by atoms with Crippen LogP contribution in [0.4, 0.5) is 0 Å². The van der Waals surface area contributed by atoms with E-state index < -0.39 is 55.6 Å². The summed E-state index contributed by atoms with van der Waals surface area (Å²) >= 11 is 0. The molecule has 0 bridgehead atoms. The van der Waals surface area contributed by atoms with Crippen LogP contribution in [-0.2, 0) is 39.2 Å². The Hall–Kier alpha value is -2.60. The Morgan fingerprint density at radius 1 is 0.282 bits per heavy atom. The van der Waals surface area contributed by atoms with E-state index in [0.29, 0.717) is 13.2 Å². The van der Waals surface area contributed by atoms with Crippen LogP contribution in [0, 0.1) is 0 Å². The van der Waals surface area contributed by atoms with Gasteiger partial charge in [-0.2, -0.15) is 0 Å². The number of esters is 4. The van der Waals surface area contributed by atoms with Crippen LogP contribution in [-0.4, -0.2) is 125 Å². The molecule has 2 aromatic rings. The number of carbonyl (C=O) groups is 4. The molecule has 0 radical (unpaired) electrons. The topological polar surface area (TPSA) is 220 Å². The van der Waals surface area contributed by atoms with E-state index >= 15 is 0 Å². The minimum absolute atomic E-state index is 0. The smallest absolute Gasteiger partial charge is 0.748 e. The first-order valence-corrected chi connectivity index (χ1v) is 36.6. The van der Waals surface area contributed by atoms with Crippen molar-refractivity contribution < 1.29 is 64.1 Å². The summed E-state index contributed by atoms with van der Waals surface area (Å²) < 4.78 is 84.7. The predicted molar refractivity (Wildman–Crippen MR) is 343 cm³/mol. The second kappa shape index (κ2) is 57.8. The normalized spacial score (nSPS) is 11.3. The maximum Gasteiger partial charge on any atom is 2.00 e. The molecule has 0 spiro atoms. The molecule has 0 fully saturated rings. The third kappa shape index (κ3) is 51.9. The van der Waals surface area contributed by atoms with E-state index in [2.05, 4.69) is 13.8 Å². The molecule has 0 aliphatic rings. The first-order chi connectivity index (χ1) is 40.7. The average Bonchev–Trinajstić information content (AvgIpc) is 3.59. The zero-order valence-corrected chi connectivity index (χ0v) is 57.1. The number of ether oxygens (including phenoxy) is 4. The standard InChI is InChI=1S/2C34H58O7S.Ca/c2*1-2-3-4-5-6-7-8-9-10-11-12-13-14-15-16-17-18-19-20-21-24-28-40-33(35)31-26-22-23-27-32(31)34(36)41-29-25-30-42(37,38)39;/h2*22-23,26-27H,2-21,24-25,28-30H2,1H3,(H,37,38,39);/q;;+2/p-2. The van der Waals surface area contributed by atoms with E-state index in [0.717, 1.165) is 38.5 Å². The Labute approximate surface area is 546 Å². The SMILES string of the molecule is CCCCCCCCCCCCCCCCCCCCCCCOC(=O)c1ccccc1C(=O)OCCCS(=O)(=O)[O-].CCCCCCCCCCCCCCCCCCCCCCCOC(=O)c1ccccc1C(=O)OCCCS(=O)(=O)[O-].[Ca+2]. The van der Waals surface area contributed by atoms with Gasteiger partial charge in [-0.05, 0) is 49.9 Å². The monoisotopic (exact) mass is 1260 g/mol. The van der Waals surface area contributed by atoms with Crippen LogP contribution in [0.5, 0.6) is 0 Å². The number of carbonyl (C=O) groups excluding carboxylic acids is 4. The molecular formula is C68H114CaO14S2.